The van der Waals surface area contributed by atoms with Gasteiger partial charge in [-0.05, 0) is 29.3 Å². The number of methoxy groups -OCH3 is 2. The van der Waals surface area contributed by atoms with E-state index in [1.807, 2.05) is 0 Å². The summed E-state index contributed by atoms with van der Waals surface area (Å²) in [6.07, 6.45) is 3.32. The van der Waals surface area contributed by atoms with E-state index in [4.69, 9.17) is 4.74 Å². The maximum Gasteiger partial charge on any atom is 0.342 e. The summed E-state index contributed by atoms with van der Waals surface area (Å²) in [5.41, 5.74) is 1.23. The summed E-state index contributed by atoms with van der Waals surface area (Å²) in [7, 11) is 2.69. The van der Waals surface area contributed by atoms with Crippen LogP contribution in [0.5, 0.6) is 11.5 Å². The predicted octanol–water partition coefficient (Wildman–Crippen LogP) is 3.50. The van der Waals surface area contributed by atoms with E-state index in [0.717, 1.165) is 5.56 Å². The lowest BCUT2D eigenvalue weighted by Crippen LogP contribution is -2.04. The minimum atomic E-state index is -0.654. The fraction of sp³-hybridized carbons (Fsp3) is 0.118. The lowest BCUT2D eigenvalue weighted by molar-refractivity contribution is 0.0597. The van der Waals surface area contributed by atoms with Crippen LogP contribution in [0.1, 0.15) is 21.5 Å². The monoisotopic (exact) mass is 302 g/mol. The Labute approximate surface area is 127 Å². The van der Waals surface area contributed by atoms with Crippen molar-refractivity contribution in [2.75, 3.05) is 14.2 Å². The summed E-state index contributed by atoms with van der Waals surface area (Å²) in [5.74, 6) is -0.806. The molecular formula is C17H15FO4. The summed E-state index contributed by atoms with van der Waals surface area (Å²) in [6.45, 7) is 0. The van der Waals surface area contributed by atoms with E-state index in [1.165, 1.54) is 32.4 Å². The summed E-state index contributed by atoms with van der Waals surface area (Å²) in [4.78, 5) is 11.8. The number of phenols is 1. The van der Waals surface area contributed by atoms with Gasteiger partial charge in [-0.1, -0.05) is 24.3 Å². The first kappa shape index (κ1) is 15.6. The first-order valence-corrected chi connectivity index (χ1v) is 6.48. The first-order chi connectivity index (χ1) is 10.5. The largest absolute Gasteiger partial charge is 0.507 e. The van der Waals surface area contributed by atoms with Gasteiger partial charge < -0.3 is 14.6 Å². The van der Waals surface area contributed by atoms with E-state index < -0.39 is 5.97 Å². The predicted molar refractivity (Wildman–Crippen MR) is 81.3 cm³/mol. The number of halogens is 1. The minimum absolute atomic E-state index is 0.0432. The van der Waals surface area contributed by atoms with Crippen LogP contribution in [0, 0.1) is 5.82 Å². The molecular weight excluding hydrogens is 287 g/mol. The first-order valence-electron chi connectivity index (χ1n) is 6.48. The zero-order valence-electron chi connectivity index (χ0n) is 12.2. The summed E-state index contributed by atoms with van der Waals surface area (Å²) in [5, 5.41) is 9.97. The standard InChI is InChI=1S/C17H15FO4/c1-21-14-9-12(16(15(19)10-14)17(20)22-2)6-3-11-4-7-13(18)8-5-11/h3-10,19H,1-2H3/b6-3+. The Kier molecular flexibility index (Phi) is 4.78. The highest BCUT2D eigenvalue weighted by Gasteiger charge is 2.17. The van der Waals surface area contributed by atoms with Gasteiger partial charge in [0.05, 0.1) is 14.2 Å². The molecule has 0 heterocycles. The highest BCUT2D eigenvalue weighted by atomic mass is 19.1. The van der Waals surface area contributed by atoms with Crippen LogP contribution in [0.3, 0.4) is 0 Å². The van der Waals surface area contributed by atoms with E-state index in [1.54, 1.807) is 30.4 Å². The molecule has 0 saturated carbocycles. The molecule has 0 aromatic heterocycles. The number of ether oxygens (including phenoxy) is 2. The second-order valence-corrected chi connectivity index (χ2v) is 4.49. The molecule has 5 heteroatoms. The van der Waals surface area contributed by atoms with Crippen molar-refractivity contribution in [1.82, 2.24) is 0 Å². The van der Waals surface area contributed by atoms with Gasteiger partial charge in [0.15, 0.2) is 0 Å². The van der Waals surface area contributed by atoms with Gasteiger partial charge >= 0.3 is 5.97 Å². The van der Waals surface area contributed by atoms with Crippen LogP contribution in [-0.4, -0.2) is 25.3 Å². The Morgan fingerprint density at radius 3 is 2.41 bits per heavy atom. The molecule has 2 aromatic carbocycles. The third-order valence-corrected chi connectivity index (χ3v) is 3.07. The van der Waals surface area contributed by atoms with E-state index in [9.17, 15) is 14.3 Å². The SMILES string of the molecule is COC(=O)c1c(O)cc(OC)cc1/C=C/c1ccc(F)cc1. The second-order valence-electron chi connectivity index (χ2n) is 4.49. The van der Waals surface area contributed by atoms with Crippen LogP contribution < -0.4 is 4.74 Å². The Morgan fingerprint density at radius 1 is 1.14 bits per heavy atom. The molecule has 0 saturated heterocycles. The molecule has 0 aliphatic carbocycles. The van der Waals surface area contributed by atoms with Crippen molar-refractivity contribution in [2.45, 2.75) is 0 Å². The molecule has 0 amide bonds. The molecule has 0 aliphatic heterocycles. The summed E-state index contributed by atoms with van der Waals surface area (Å²) >= 11 is 0. The average molecular weight is 302 g/mol. The van der Waals surface area contributed by atoms with Crippen molar-refractivity contribution in [3.8, 4) is 11.5 Å². The van der Waals surface area contributed by atoms with Gasteiger partial charge in [-0.2, -0.15) is 0 Å². The average Bonchev–Trinajstić information content (AvgIpc) is 2.53. The van der Waals surface area contributed by atoms with Gasteiger partial charge in [0.1, 0.15) is 22.9 Å². The van der Waals surface area contributed by atoms with E-state index in [0.29, 0.717) is 11.3 Å². The third-order valence-electron chi connectivity index (χ3n) is 3.07. The maximum absolute atomic E-state index is 12.9. The van der Waals surface area contributed by atoms with Crippen molar-refractivity contribution in [1.29, 1.82) is 0 Å². The van der Waals surface area contributed by atoms with Gasteiger partial charge in [0.2, 0.25) is 0 Å². The molecule has 22 heavy (non-hydrogen) atoms. The van der Waals surface area contributed by atoms with E-state index in [2.05, 4.69) is 4.74 Å². The number of carbonyl (C=O) groups is 1. The van der Waals surface area contributed by atoms with Crippen molar-refractivity contribution in [3.05, 3.63) is 58.9 Å². The van der Waals surface area contributed by atoms with Gasteiger partial charge in [-0.25, -0.2) is 9.18 Å². The molecule has 0 fully saturated rings. The lowest BCUT2D eigenvalue weighted by Gasteiger charge is -2.09. The fourth-order valence-electron chi connectivity index (χ4n) is 1.96. The minimum Gasteiger partial charge on any atom is -0.507 e. The molecule has 0 spiro atoms. The van der Waals surface area contributed by atoms with Crippen molar-refractivity contribution >= 4 is 18.1 Å². The number of aromatic hydroxyl groups is 1. The highest BCUT2D eigenvalue weighted by Crippen LogP contribution is 2.29. The maximum atomic E-state index is 12.9. The number of benzene rings is 2. The highest BCUT2D eigenvalue weighted by molar-refractivity contribution is 5.98. The Morgan fingerprint density at radius 2 is 1.82 bits per heavy atom. The van der Waals surface area contributed by atoms with E-state index in [-0.39, 0.29) is 17.1 Å². The molecule has 0 aliphatic rings. The van der Waals surface area contributed by atoms with Gasteiger partial charge in [0.25, 0.3) is 0 Å². The second kappa shape index (κ2) is 6.76. The van der Waals surface area contributed by atoms with Crippen LogP contribution in [0.2, 0.25) is 0 Å². The molecule has 2 aromatic rings. The van der Waals surface area contributed by atoms with Crippen LogP contribution in [0.4, 0.5) is 4.39 Å². The van der Waals surface area contributed by atoms with Crippen LogP contribution >= 0.6 is 0 Å². The number of esters is 1. The molecule has 0 bridgehead atoms. The van der Waals surface area contributed by atoms with Crippen molar-refractivity contribution in [3.63, 3.8) is 0 Å². The lowest BCUT2D eigenvalue weighted by atomic mass is 10.0. The van der Waals surface area contributed by atoms with Gasteiger partial charge in [0, 0.05) is 6.07 Å². The topological polar surface area (TPSA) is 55.8 Å². The number of carbonyl (C=O) groups excluding carboxylic acids is 1. The summed E-state index contributed by atoms with van der Waals surface area (Å²) in [6, 6.07) is 8.81. The van der Waals surface area contributed by atoms with Crippen LogP contribution in [0.25, 0.3) is 12.2 Å². The fourth-order valence-corrected chi connectivity index (χ4v) is 1.96. The number of rotatable bonds is 4. The molecule has 0 atom stereocenters. The number of hydrogen-bond donors (Lipinski definition) is 1. The van der Waals surface area contributed by atoms with Gasteiger partial charge in [-0.3, -0.25) is 0 Å². The molecule has 4 nitrogen and oxygen atoms in total. The van der Waals surface area contributed by atoms with Crippen molar-refractivity contribution < 1.29 is 23.8 Å². The quantitative estimate of drug-likeness (QED) is 0.694. The normalized spacial score (nSPS) is 10.7. The van der Waals surface area contributed by atoms with Crippen LogP contribution in [-0.2, 0) is 4.74 Å². The van der Waals surface area contributed by atoms with E-state index >= 15 is 0 Å². The van der Waals surface area contributed by atoms with Crippen LogP contribution in [0.15, 0.2) is 36.4 Å². The number of phenolic OH excluding ortho intramolecular Hbond substituents is 1. The molecule has 2 rings (SSSR count). The Balaban J connectivity index is 2.45. The zero-order valence-corrected chi connectivity index (χ0v) is 12.2. The third kappa shape index (κ3) is 3.44. The number of hydrogen-bond acceptors (Lipinski definition) is 4. The smallest absolute Gasteiger partial charge is 0.342 e. The molecule has 0 unspecified atom stereocenters. The molecule has 114 valence electrons. The van der Waals surface area contributed by atoms with Gasteiger partial charge in [-0.15, -0.1) is 0 Å². The molecule has 1 N–H and O–H groups in total. The van der Waals surface area contributed by atoms with Crippen molar-refractivity contribution in [2.24, 2.45) is 0 Å². The Bertz CT molecular complexity index is 705. The summed E-state index contributed by atoms with van der Waals surface area (Å²) < 4.78 is 22.6. The Hall–Kier alpha value is -2.82. The molecule has 0 radical (unpaired) electrons. The zero-order chi connectivity index (χ0) is 16.1.